The van der Waals surface area contributed by atoms with Crippen molar-refractivity contribution in [1.29, 1.82) is 0 Å². The van der Waals surface area contributed by atoms with E-state index in [4.69, 9.17) is 0 Å². The number of aromatic nitrogens is 5. The molecule has 1 aliphatic rings. The molecule has 1 fully saturated rings. The Morgan fingerprint density at radius 3 is 2.96 bits per heavy atom. The zero-order valence-electron chi connectivity index (χ0n) is 15.3. The van der Waals surface area contributed by atoms with Crippen molar-refractivity contribution in [2.75, 3.05) is 13.1 Å². The highest BCUT2D eigenvalue weighted by atomic mass is 16.2. The maximum atomic E-state index is 12.6. The number of likely N-dealkylation sites (tertiary alicyclic amines) is 1. The molecule has 1 saturated heterocycles. The van der Waals surface area contributed by atoms with Gasteiger partial charge in [-0.25, -0.2) is 4.98 Å². The van der Waals surface area contributed by atoms with Gasteiger partial charge < -0.3 is 9.47 Å². The second-order valence-electron chi connectivity index (χ2n) is 6.97. The van der Waals surface area contributed by atoms with Gasteiger partial charge in [-0.3, -0.25) is 14.5 Å². The number of pyridine rings is 1. The number of piperidine rings is 1. The molecule has 3 aromatic rings. The van der Waals surface area contributed by atoms with Gasteiger partial charge in [0.2, 0.25) is 5.91 Å². The molecule has 0 radical (unpaired) electrons. The lowest BCUT2D eigenvalue weighted by Gasteiger charge is -2.33. The third-order valence-corrected chi connectivity index (χ3v) is 5.08. The molecule has 1 atom stereocenters. The minimum absolute atomic E-state index is 0.195. The predicted octanol–water partition coefficient (Wildman–Crippen LogP) is 2.32. The average molecular weight is 364 g/mol. The van der Waals surface area contributed by atoms with E-state index < -0.39 is 0 Å². The number of hydrogen-bond acceptors (Lipinski definition) is 4. The van der Waals surface area contributed by atoms with E-state index in [2.05, 4.69) is 25.7 Å². The summed E-state index contributed by atoms with van der Waals surface area (Å²) in [6.45, 7) is 2.95. The molecule has 0 bridgehead atoms. The Balaban J connectivity index is 1.40. The van der Waals surface area contributed by atoms with Crippen LogP contribution in [-0.2, 0) is 17.9 Å². The van der Waals surface area contributed by atoms with E-state index in [1.807, 2.05) is 41.8 Å². The second-order valence-corrected chi connectivity index (χ2v) is 6.97. The van der Waals surface area contributed by atoms with E-state index in [0.717, 1.165) is 43.9 Å². The third kappa shape index (κ3) is 4.24. The normalized spacial score (nSPS) is 17.2. The molecule has 0 saturated carbocycles. The van der Waals surface area contributed by atoms with Gasteiger partial charge in [0.1, 0.15) is 5.82 Å². The van der Waals surface area contributed by atoms with Gasteiger partial charge in [-0.1, -0.05) is 6.07 Å². The van der Waals surface area contributed by atoms with E-state index in [-0.39, 0.29) is 11.8 Å². The maximum absolute atomic E-state index is 12.6. The standard InChI is InChI=1S/C20H24N6O/c27-19(6-12-26-11-3-8-23-26)24-10-2-5-18(16-24)20-22-9-13-25(20)15-17-4-1-7-21-14-17/h1,3-4,7-9,11,13-14,18H,2,5-6,10,12,15-16H2/t18-/m0/s1. The summed E-state index contributed by atoms with van der Waals surface area (Å²) >= 11 is 0. The quantitative estimate of drug-likeness (QED) is 0.673. The molecule has 4 rings (SSSR count). The lowest BCUT2D eigenvalue weighted by molar-refractivity contribution is -0.132. The Bertz CT molecular complexity index is 858. The predicted molar refractivity (Wildman–Crippen MR) is 101 cm³/mol. The fraction of sp³-hybridized carbons (Fsp3) is 0.400. The number of carbonyl (C=O) groups is 1. The van der Waals surface area contributed by atoms with Crippen LogP contribution in [0.2, 0.25) is 0 Å². The maximum Gasteiger partial charge on any atom is 0.224 e. The van der Waals surface area contributed by atoms with Gasteiger partial charge in [0, 0.05) is 69.2 Å². The van der Waals surface area contributed by atoms with E-state index in [9.17, 15) is 4.79 Å². The molecule has 3 aromatic heterocycles. The smallest absolute Gasteiger partial charge is 0.224 e. The SMILES string of the molecule is O=C(CCn1cccn1)N1CCC[C@H](c2nccn2Cc2cccnc2)C1. The van der Waals surface area contributed by atoms with Crippen LogP contribution in [0.3, 0.4) is 0 Å². The van der Waals surface area contributed by atoms with Crippen LogP contribution in [0.4, 0.5) is 0 Å². The molecule has 1 amide bonds. The van der Waals surface area contributed by atoms with E-state index in [1.165, 1.54) is 0 Å². The Labute approximate surface area is 158 Å². The van der Waals surface area contributed by atoms with Gasteiger partial charge in [-0.15, -0.1) is 0 Å². The monoisotopic (exact) mass is 364 g/mol. The summed E-state index contributed by atoms with van der Waals surface area (Å²) in [5.41, 5.74) is 1.15. The van der Waals surface area contributed by atoms with Gasteiger partial charge in [-0.2, -0.15) is 5.10 Å². The zero-order valence-corrected chi connectivity index (χ0v) is 15.3. The first-order valence-corrected chi connectivity index (χ1v) is 9.45. The second kappa shape index (κ2) is 8.16. The largest absolute Gasteiger partial charge is 0.342 e. The van der Waals surface area contributed by atoms with Crippen molar-refractivity contribution in [3.8, 4) is 0 Å². The molecular formula is C20H24N6O. The molecule has 0 N–H and O–H groups in total. The first-order chi connectivity index (χ1) is 13.3. The number of rotatable bonds is 6. The van der Waals surface area contributed by atoms with Gasteiger partial charge >= 0.3 is 0 Å². The van der Waals surface area contributed by atoms with Crippen molar-refractivity contribution in [2.45, 2.75) is 38.3 Å². The number of amides is 1. The highest BCUT2D eigenvalue weighted by Crippen LogP contribution is 2.26. The minimum atomic E-state index is 0.195. The number of nitrogens with zero attached hydrogens (tertiary/aromatic N) is 6. The van der Waals surface area contributed by atoms with Crippen LogP contribution in [0.15, 0.2) is 55.4 Å². The van der Waals surface area contributed by atoms with E-state index >= 15 is 0 Å². The molecular weight excluding hydrogens is 340 g/mol. The molecule has 7 nitrogen and oxygen atoms in total. The molecule has 0 aromatic carbocycles. The Hall–Kier alpha value is -2.96. The van der Waals surface area contributed by atoms with Crippen LogP contribution in [-0.4, -0.2) is 48.2 Å². The van der Waals surface area contributed by atoms with Crippen LogP contribution < -0.4 is 0 Å². The third-order valence-electron chi connectivity index (χ3n) is 5.08. The zero-order chi connectivity index (χ0) is 18.5. The lowest BCUT2D eigenvalue weighted by atomic mass is 9.96. The lowest BCUT2D eigenvalue weighted by Crippen LogP contribution is -2.40. The summed E-state index contributed by atoms with van der Waals surface area (Å²) < 4.78 is 3.99. The molecule has 0 unspecified atom stereocenters. The first kappa shape index (κ1) is 17.5. The highest BCUT2D eigenvalue weighted by molar-refractivity contribution is 5.76. The molecule has 7 heteroatoms. The summed E-state index contributed by atoms with van der Waals surface area (Å²) in [7, 11) is 0. The molecule has 0 aliphatic carbocycles. The first-order valence-electron chi connectivity index (χ1n) is 9.45. The van der Waals surface area contributed by atoms with Crippen molar-refractivity contribution < 1.29 is 4.79 Å². The average Bonchev–Trinajstić information content (AvgIpc) is 3.39. The van der Waals surface area contributed by atoms with Crippen molar-refractivity contribution >= 4 is 5.91 Å². The van der Waals surface area contributed by atoms with E-state index in [0.29, 0.717) is 13.0 Å². The summed E-state index contributed by atoms with van der Waals surface area (Å²) in [5, 5.41) is 4.17. The molecule has 0 spiro atoms. The van der Waals surface area contributed by atoms with Crippen LogP contribution in [0.25, 0.3) is 0 Å². The molecule has 27 heavy (non-hydrogen) atoms. The fourth-order valence-electron chi connectivity index (χ4n) is 3.72. The number of carbonyl (C=O) groups excluding carboxylic acids is 1. The summed E-state index contributed by atoms with van der Waals surface area (Å²) in [6, 6.07) is 5.90. The molecule has 140 valence electrons. The van der Waals surface area contributed by atoms with Gasteiger partial charge in [0.25, 0.3) is 0 Å². The minimum Gasteiger partial charge on any atom is -0.342 e. The fourth-order valence-corrected chi connectivity index (χ4v) is 3.72. The summed E-state index contributed by atoms with van der Waals surface area (Å²) in [6.07, 6.45) is 13.7. The summed E-state index contributed by atoms with van der Waals surface area (Å²) in [5.74, 6) is 1.53. The van der Waals surface area contributed by atoms with E-state index in [1.54, 1.807) is 17.1 Å². The van der Waals surface area contributed by atoms with Crippen molar-refractivity contribution in [3.05, 3.63) is 66.8 Å². The van der Waals surface area contributed by atoms with Gasteiger partial charge in [0.05, 0.1) is 6.54 Å². The number of imidazole rings is 1. The Kier molecular flexibility index (Phi) is 5.27. The van der Waals surface area contributed by atoms with Gasteiger partial charge in [-0.05, 0) is 30.5 Å². The Morgan fingerprint density at radius 2 is 2.15 bits per heavy atom. The van der Waals surface area contributed by atoms with Crippen LogP contribution in [0.5, 0.6) is 0 Å². The molecule has 4 heterocycles. The number of aryl methyl sites for hydroxylation is 1. The van der Waals surface area contributed by atoms with Crippen LogP contribution in [0.1, 0.15) is 36.6 Å². The van der Waals surface area contributed by atoms with Crippen LogP contribution >= 0.6 is 0 Å². The van der Waals surface area contributed by atoms with Crippen LogP contribution in [0, 0.1) is 0 Å². The Morgan fingerprint density at radius 1 is 1.19 bits per heavy atom. The van der Waals surface area contributed by atoms with Gasteiger partial charge in [0.15, 0.2) is 0 Å². The highest BCUT2D eigenvalue weighted by Gasteiger charge is 2.27. The summed E-state index contributed by atoms with van der Waals surface area (Å²) in [4.78, 5) is 23.4. The van der Waals surface area contributed by atoms with Crippen molar-refractivity contribution in [3.63, 3.8) is 0 Å². The number of hydrogen-bond donors (Lipinski definition) is 0. The van der Waals surface area contributed by atoms with Crippen molar-refractivity contribution in [1.82, 2.24) is 29.2 Å². The topological polar surface area (TPSA) is 68.8 Å². The van der Waals surface area contributed by atoms with Crippen molar-refractivity contribution in [2.24, 2.45) is 0 Å². The molecule has 1 aliphatic heterocycles.